The minimum Gasteiger partial charge on any atom is -0.274 e. The summed E-state index contributed by atoms with van der Waals surface area (Å²) in [4.78, 5) is 0. The summed E-state index contributed by atoms with van der Waals surface area (Å²) in [5.41, 5.74) is 3.68. The number of aromatic nitrogens is 5. The van der Waals surface area contributed by atoms with Gasteiger partial charge in [-0.1, -0.05) is 66.7 Å². The van der Waals surface area contributed by atoms with Gasteiger partial charge in [0.05, 0.1) is 5.69 Å². The molecule has 0 atom stereocenters. The normalized spacial score (nSPS) is 11.6. The molecule has 2 heterocycles. The van der Waals surface area contributed by atoms with Crippen molar-refractivity contribution in [3.8, 4) is 22.8 Å². The lowest BCUT2D eigenvalue weighted by Gasteiger charge is -1.96. The van der Waals surface area contributed by atoms with E-state index < -0.39 is 0 Å². The Morgan fingerprint density at radius 2 is 1.67 bits per heavy atom. The van der Waals surface area contributed by atoms with Gasteiger partial charge in [-0.3, -0.25) is 5.10 Å². The highest BCUT2D eigenvalue weighted by atomic mass is 32.1. The van der Waals surface area contributed by atoms with Crippen LogP contribution in [0.25, 0.3) is 28.9 Å². The van der Waals surface area contributed by atoms with Crippen LogP contribution in [0.15, 0.2) is 77.9 Å². The average Bonchev–Trinajstić information content (AvgIpc) is 3.34. The second-order valence-corrected chi connectivity index (χ2v) is 6.12. The summed E-state index contributed by atoms with van der Waals surface area (Å²) in [5, 5.41) is 18.8. The summed E-state index contributed by atoms with van der Waals surface area (Å²) >= 11 is 5.29. The Kier molecular flexibility index (Phi) is 4.84. The Bertz CT molecular complexity index is 1140. The van der Waals surface area contributed by atoms with Crippen molar-refractivity contribution < 1.29 is 0 Å². The zero-order valence-corrected chi connectivity index (χ0v) is 15.1. The Morgan fingerprint density at radius 3 is 2.44 bits per heavy atom. The lowest BCUT2D eigenvalue weighted by molar-refractivity contribution is 0.866. The molecule has 0 saturated heterocycles. The summed E-state index contributed by atoms with van der Waals surface area (Å²) in [6, 6.07) is 21.9. The summed E-state index contributed by atoms with van der Waals surface area (Å²) in [6.45, 7) is 0. The van der Waals surface area contributed by atoms with Gasteiger partial charge in [0.25, 0.3) is 0 Å². The molecule has 7 heteroatoms. The standard InChI is InChI=1S/C20H16N6S/c27-20-25-24-19(18-14-17(22-23-18)16-11-5-2-6-12-16)26(20)21-13-7-10-15-8-3-1-4-9-15/h1-14H,(H,22,23)(H,25,27)/b10-7+,21-13+. The summed E-state index contributed by atoms with van der Waals surface area (Å²) < 4.78 is 1.97. The van der Waals surface area contributed by atoms with E-state index in [2.05, 4.69) is 25.5 Å². The van der Waals surface area contributed by atoms with Gasteiger partial charge in [-0.05, 0) is 29.9 Å². The van der Waals surface area contributed by atoms with Crippen molar-refractivity contribution in [1.29, 1.82) is 0 Å². The molecule has 6 nitrogen and oxygen atoms in total. The number of allylic oxidation sites excluding steroid dienone is 1. The molecule has 4 aromatic rings. The molecule has 0 saturated carbocycles. The molecule has 27 heavy (non-hydrogen) atoms. The highest BCUT2D eigenvalue weighted by Crippen LogP contribution is 2.22. The van der Waals surface area contributed by atoms with Crippen LogP contribution < -0.4 is 0 Å². The SMILES string of the molecule is S=c1[nH]nc(-c2cc(-c3ccccc3)n[nH]2)n1/N=C/C=C/c1ccccc1. The van der Waals surface area contributed by atoms with Gasteiger partial charge < -0.3 is 0 Å². The number of H-pyrrole nitrogens is 2. The Labute approximate surface area is 160 Å². The summed E-state index contributed by atoms with van der Waals surface area (Å²) in [6.07, 6.45) is 5.50. The average molecular weight is 372 g/mol. The Balaban J connectivity index is 1.59. The van der Waals surface area contributed by atoms with E-state index >= 15 is 0 Å². The second kappa shape index (κ2) is 7.76. The first-order chi connectivity index (χ1) is 13.3. The first kappa shape index (κ1) is 16.9. The predicted molar refractivity (Wildman–Crippen MR) is 110 cm³/mol. The van der Waals surface area contributed by atoms with Crippen LogP contribution in [-0.4, -0.2) is 31.3 Å². The van der Waals surface area contributed by atoms with Gasteiger partial charge >= 0.3 is 0 Å². The molecule has 2 N–H and O–H groups in total. The van der Waals surface area contributed by atoms with Gasteiger partial charge in [0.1, 0.15) is 5.69 Å². The zero-order valence-electron chi connectivity index (χ0n) is 14.3. The lowest BCUT2D eigenvalue weighted by Crippen LogP contribution is -1.93. The third-order valence-electron chi connectivity index (χ3n) is 3.90. The van der Waals surface area contributed by atoms with Crippen LogP contribution >= 0.6 is 12.2 Å². The van der Waals surface area contributed by atoms with Crippen LogP contribution in [0.4, 0.5) is 0 Å². The van der Waals surface area contributed by atoms with Crippen LogP contribution in [-0.2, 0) is 0 Å². The molecule has 2 aromatic heterocycles. The molecule has 0 bridgehead atoms. The van der Waals surface area contributed by atoms with Gasteiger partial charge in [-0.2, -0.15) is 20.0 Å². The van der Waals surface area contributed by atoms with Crippen molar-refractivity contribution in [3.63, 3.8) is 0 Å². The third-order valence-corrected chi connectivity index (χ3v) is 4.16. The number of hydrogen-bond donors (Lipinski definition) is 2. The maximum atomic E-state index is 5.29. The number of hydrogen-bond acceptors (Lipinski definition) is 4. The maximum absolute atomic E-state index is 5.29. The molecular formula is C20H16N6S. The van der Waals surface area contributed by atoms with E-state index in [-0.39, 0.29) is 0 Å². The first-order valence-corrected chi connectivity index (χ1v) is 8.77. The molecule has 0 aliphatic carbocycles. The van der Waals surface area contributed by atoms with Crippen molar-refractivity contribution in [2.75, 3.05) is 0 Å². The lowest BCUT2D eigenvalue weighted by atomic mass is 10.1. The summed E-state index contributed by atoms with van der Waals surface area (Å²) in [5.74, 6) is 0.569. The molecular weight excluding hydrogens is 356 g/mol. The smallest absolute Gasteiger partial charge is 0.216 e. The second-order valence-electron chi connectivity index (χ2n) is 5.73. The fraction of sp³-hybridized carbons (Fsp3) is 0. The van der Waals surface area contributed by atoms with Crippen LogP contribution in [0, 0.1) is 4.77 Å². The van der Waals surface area contributed by atoms with Gasteiger partial charge in [0.2, 0.25) is 10.6 Å². The van der Waals surface area contributed by atoms with Gasteiger partial charge in [-0.15, -0.1) is 0 Å². The molecule has 0 unspecified atom stereocenters. The predicted octanol–water partition coefficient (Wildman–Crippen LogP) is 4.55. The molecule has 0 radical (unpaired) electrons. The van der Waals surface area contributed by atoms with E-state index in [0.717, 1.165) is 22.5 Å². The largest absolute Gasteiger partial charge is 0.274 e. The van der Waals surface area contributed by atoms with Crippen LogP contribution in [0.3, 0.4) is 0 Å². The van der Waals surface area contributed by atoms with E-state index in [1.165, 1.54) is 0 Å². The quantitative estimate of drug-likeness (QED) is 0.399. The molecule has 0 aliphatic heterocycles. The minimum absolute atomic E-state index is 0.408. The van der Waals surface area contributed by atoms with E-state index in [4.69, 9.17) is 12.2 Å². The Hall–Kier alpha value is -3.58. The van der Waals surface area contributed by atoms with Crippen molar-refractivity contribution in [3.05, 3.63) is 83.1 Å². The molecule has 4 rings (SSSR count). The molecule has 132 valence electrons. The Morgan fingerprint density at radius 1 is 0.926 bits per heavy atom. The van der Waals surface area contributed by atoms with Crippen molar-refractivity contribution in [2.45, 2.75) is 0 Å². The van der Waals surface area contributed by atoms with Crippen molar-refractivity contribution in [2.24, 2.45) is 5.10 Å². The van der Waals surface area contributed by atoms with Gasteiger partial charge in [-0.25, -0.2) is 5.10 Å². The van der Waals surface area contributed by atoms with Crippen molar-refractivity contribution in [1.82, 2.24) is 25.1 Å². The van der Waals surface area contributed by atoms with E-state index in [1.807, 2.05) is 78.9 Å². The zero-order chi connectivity index (χ0) is 18.5. The molecule has 0 aliphatic rings. The summed E-state index contributed by atoms with van der Waals surface area (Å²) in [7, 11) is 0. The van der Waals surface area contributed by atoms with Gasteiger partial charge in [0.15, 0.2) is 0 Å². The van der Waals surface area contributed by atoms with E-state index in [9.17, 15) is 0 Å². The first-order valence-electron chi connectivity index (χ1n) is 8.36. The van der Waals surface area contributed by atoms with Crippen molar-refractivity contribution >= 4 is 24.5 Å². The van der Waals surface area contributed by atoms with Crippen LogP contribution in [0.5, 0.6) is 0 Å². The van der Waals surface area contributed by atoms with E-state index in [1.54, 1.807) is 10.9 Å². The molecule has 0 fully saturated rings. The van der Waals surface area contributed by atoms with Crippen LogP contribution in [0.1, 0.15) is 5.56 Å². The molecule has 0 amide bonds. The molecule has 2 aromatic carbocycles. The molecule has 0 spiro atoms. The van der Waals surface area contributed by atoms with Gasteiger partial charge in [0, 0.05) is 11.8 Å². The number of nitrogens with zero attached hydrogens (tertiary/aromatic N) is 4. The third kappa shape index (κ3) is 3.83. The number of aromatic amines is 2. The number of benzene rings is 2. The topological polar surface area (TPSA) is 74.7 Å². The number of rotatable bonds is 5. The fourth-order valence-corrected chi connectivity index (χ4v) is 2.77. The highest BCUT2D eigenvalue weighted by molar-refractivity contribution is 7.71. The maximum Gasteiger partial charge on any atom is 0.216 e. The van der Waals surface area contributed by atoms with E-state index in [0.29, 0.717) is 10.6 Å². The fourth-order valence-electron chi connectivity index (χ4n) is 2.59. The highest BCUT2D eigenvalue weighted by Gasteiger charge is 2.12. The minimum atomic E-state index is 0.408. The number of nitrogens with one attached hydrogen (secondary N) is 2. The van der Waals surface area contributed by atoms with Crippen LogP contribution in [0.2, 0.25) is 0 Å². The monoisotopic (exact) mass is 372 g/mol.